The average molecular weight is 497 g/mol. The van der Waals surface area contributed by atoms with Gasteiger partial charge in [-0.15, -0.1) is 11.3 Å². The van der Waals surface area contributed by atoms with E-state index in [0.717, 1.165) is 16.9 Å². The Balaban J connectivity index is 1.90. The summed E-state index contributed by atoms with van der Waals surface area (Å²) >= 11 is 7.48. The third kappa shape index (κ3) is 4.95. The molecule has 0 unspecified atom stereocenters. The molecule has 0 spiro atoms. The van der Waals surface area contributed by atoms with E-state index < -0.39 is 11.9 Å². The molecule has 34 heavy (non-hydrogen) atoms. The highest BCUT2D eigenvalue weighted by Gasteiger charge is 2.22. The summed E-state index contributed by atoms with van der Waals surface area (Å²) in [7, 11) is 1.28. The molecule has 0 aliphatic carbocycles. The van der Waals surface area contributed by atoms with Crippen LogP contribution >= 0.6 is 22.9 Å². The smallest absolute Gasteiger partial charge is 0.358 e. The first-order valence-corrected chi connectivity index (χ1v) is 11.6. The Morgan fingerprint density at radius 2 is 1.85 bits per heavy atom. The number of nitrogens with zero attached hydrogens (tertiary/aromatic N) is 4. The number of carbonyl (C=O) groups excluding carboxylic acids is 2. The van der Waals surface area contributed by atoms with Gasteiger partial charge in [-0.25, -0.2) is 9.78 Å². The summed E-state index contributed by atoms with van der Waals surface area (Å²) in [5.41, 5.74) is 2.82. The number of rotatable bonds is 7. The van der Waals surface area contributed by atoms with Crippen LogP contribution in [0.15, 0.2) is 71.3 Å². The van der Waals surface area contributed by atoms with Crippen molar-refractivity contribution in [1.82, 2.24) is 14.1 Å². The molecule has 0 N–H and O–H groups in total. The van der Waals surface area contributed by atoms with Gasteiger partial charge >= 0.3 is 11.9 Å². The number of methoxy groups -OCH3 is 1. The second kappa shape index (κ2) is 10.5. The van der Waals surface area contributed by atoms with Gasteiger partial charge in [0.25, 0.3) is 0 Å². The molecule has 0 radical (unpaired) electrons. The topological polar surface area (TPSA) is 87.7 Å². The maximum Gasteiger partial charge on any atom is 0.358 e. The highest BCUT2D eigenvalue weighted by Crippen LogP contribution is 2.26. The highest BCUT2D eigenvalue weighted by molar-refractivity contribution is 7.07. The van der Waals surface area contributed by atoms with Crippen molar-refractivity contribution in [2.45, 2.75) is 13.5 Å². The van der Waals surface area contributed by atoms with E-state index in [1.54, 1.807) is 6.92 Å². The van der Waals surface area contributed by atoms with E-state index in [9.17, 15) is 9.59 Å². The molecule has 2 heterocycles. The third-order valence-electron chi connectivity index (χ3n) is 4.88. The van der Waals surface area contributed by atoms with Gasteiger partial charge < -0.3 is 14.0 Å². The summed E-state index contributed by atoms with van der Waals surface area (Å²) < 4.78 is 13.3. The van der Waals surface area contributed by atoms with Gasteiger partial charge in [0.05, 0.1) is 25.7 Å². The van der Waals surface area contributed by atoms with Gasteiger partial charge in [-0.1, -0.05) is 41.9 Å². The van der Waals surface area contributed by atoms with Crippen LogP contribution in [0.3, 0.4) is 0 Å². The van der Waals surface area contributed by atoms with E-state index in [1.165, 1.54) is 29.3 Å². The number of carbonyl (C=O) groups is 2. The molecule has 4 aromatic rings. The fraction of sp³-hybridized carbons (Fsp3) is 0.167. The Bertz CT molecular complexity index is 1370. The molecule has 0 aliphatic heterocycles. The molecule has 2 aromatic heterocycles. The van der Waals surface area contributed by atoms with Crippen LogP contribution in [0.25, 0.3) is 16.9 Å². The zero-order valence-corrected chi connectivity index (χ0v) is 20.0. The van der Waals surface area contributed by atoms with Crippen LogP contribution in [0.1, 0.15) is 17.4 Å². The summed E-state index contributed by atoms with van der Waals surface area (Å²) in [6.07, 6.45) is 1.38. The van der Waals surface area contributed by atoms with Gasteiger partial charge in [-0.3, -0.25) is 9.36 Å². The maximum atomic E-state index is 12.7. The maximum absolute atomic E-state index is 12.7. The normalized spacial score (nSPS) is 11.4. The zero-order valence-electron chi connectivity index (χ0n) is 18.5. The lowest BCUT2D eigenvalue weighted by Gasteiger charge is -2.09. The molecule has 0 saturated carbocycles. The van der Waals surface area contributed by atoms with Gasteiger partial charge in [0, 0.05) is 16.1 Å². The molecule has 0 amide bonds. The fourth-order valence-corrected chi connectivity index (χ4v) is 4.35. The summed E-state index contributed by atoms with van der Waals surface area (Å²) in [5.74, 6) is -0.991. The van der Waals surface area contributed by atoms with Crippen molar-refractivity contribution in [3.05, 3.63) is 81.8 Å². The molecule has 174 valence electrons. The van der Waals surface area contributed by atoms with Crippen molar-refractivity contribution < 1.29 is 19.1 Å². The van der Waals surface area contributed by atoms with Crippen molar-refractivity contribution in [2.75, 3.05) is 13.7 Å². The quantitative estimate of drug-likeness (QED) is 0.348. The molecular weight excluding hydrogens is 476 g/mol. The van der Waals surface area contributed by atoms with Gasteiger partial charge in [0.15, 0.2) is 16.3 Å². The van der Waals surface area contributed by atoms with Crippen LogP contribution in [0, 0.1) is 0 Å². The van der Waals surface area contributed by atoms with Crippen LogP contribution in [0.2, 0.25) is 5.02 Å². The van der Waals surface area contributed by atoms with E-state index in [-0.39, 0.29) is 24.7 Å². The van der Waals surface area contributed by atoms with Crippen LogP contribution < -0.4 is 4.80 Å². The van der Waals surface area contributed by atoms with Crippen molar-refractivity contribution >= 4 is 40.7 Å². The highest BCUT2D eigenvalue weighted by atomic mass is 35.5. The number of para-hydroxylation sites is 1. The Kier molecular flexibility index (Phi) is 7.24. The number of hydrogen-bond donors (Lipinski definition) is 0. The lowest BCUT2D eigenvalue weighted by molar-refractivity contribution is -0.141. The van der Waals surface area contributed by atoms with E-state index in [4.69, 9.17) is 26.1 Å². The average Bonchev–Trinajstić information content (AvgIpc) is 3.44. The summed E-state index contributed by atoms with van der Waals surface area (Å²) in [6.45, 7) is 1.69. The Morgan fingerprint density at radius 1 is 1.12 bits per heavy atom. The Hall–Kier alpha value is -3.69. The second-order valence-electron chi connectivity index (χ2n) is 7.03. The van der Waals surface area contributed by atoms with Crippen LogP contribution in [-0.4, -0.2) is 39.8 Å². The number of thiazole rings is 1. The fourth-order valence-electron chi connectivity index (χ4n) is 3.31. The first-order valence-electron chi connectivity index (χ1n) is 10.4. The van der Waals surface area contributed by atoms with Crippen molar-refractivity contribution in [1.29, 1.82) is 0 Å². The number of hydrogen-bond acceptors (Lipinski definition) is 7. The minimum absolute atomic E-state index is 0.0771. The largest absolute Gasteiger partial charge is 0.468 e. The van der Waals surface area contributed by atoms with Crippen LogP contribution in [-0.2, 0) is 20.8 Å². The first-order chi connectivity index (χ1) is 16.5. The van der Waals surface area contributed by atoms with E-state index in [0.29, 0.717) is 9.82 Å². The van der Waals surface area contributed by atoms with Gasteiger partial charge in [0.1, 0.15) is 6.54 Å². The van der Waals surface area contributed by atoms with Gasteiger partial charge in [0.2, 0.25) is 0 Å². The molecule has 0 bridgehead atoms. The van der Waals surface area contributed by atoms with E-state index >= 15 is 0 Å². The van der Waals surface area contributed by atoms with Crippen LogP contribution in [0.5, 0.6) is 0 Å². The van der Waals surface area contributed by atoms with Crippen LogP contribution in [0.4, 0.5) is 5.82 Å². The lowest BCUT2D eigenvalue weighted by Crippen LogP contribution is -2.18. The van der Waals surface area contributed by atoms with Crippen molar-refractivity contribution in [2.24, 2.45) is 4.99 Å². The molecular formula is C24H21ClN4O4S. The molecule has 0 aliphatic rings. The predicted octanol–water partition coefficient (Wildman–Crippen LogP) is 4.64. The molecule has 2 aromatic carbocycles. The molecule has 0 fully saturated rings. The summed E-state index contributed by atoms with van der Waals surface area (Å²) in [6, 6.07) is 17.3. The predicted molar refractivity (Wildman–Crippen MR) is 130 cm³/mol. The Morgan fingerprint density at radius 3 is 2.53 bits per heavy atom. The lowest BCUT2D eigenvalue weighted by atomic mass is 10.1. The minimum atomic E-state index is -0.622. The SMILES string of the molecule is CCOC(=O)c1c(N=c2scc(-c3ccc(Cl)cc3)n2-c2ccccc2)ncn1CC(=O)OC. The number of benzene rings is 2. The third-order valence-corrected chi connectivity index (χ3v) is 5.96. The molecule has 10 heteroatoms. The summed E-state index contributed by atoms with van der Waals surface area (Å²) in [5, 5.41) is 2.62. The summed E-state index contributed by atoms with van der Waals surface area (Å²) in [4.78, 5) is 34.1. The monoisotopic (exact) mass is 496 g/mol. The molecule has 0 atom stereocenters. The number of esters is 2. The zero-order chi connectivity index (χ0) is 24.1. The number of imidazole rings is 1. The standard InChI is InChI=1S/C24H21ClN4O4S/c1-3-33-23(31)21-22(26-15-28(21)13-20(30)32-2)27-24-29(18-7-5-4-6-8-18)19(14-34-24)16-9-11-17(25)12-10-16/h4-12,14-15H,3,13H2,1-2H3. The van der Waals surface area contributed by atoms with Crippen molar-refractivity contribution in [3.8, 4) is 16.9 Å². The molecule has 0 saturated heterocycles. The minimum Gasteiger partial charge on any atom is -0.468 e. The number of ether oxygens (including phenoxy) is 2. The molecule has 4 rings (SSSR count). The van der Waals surface area contributed by atoms with Crippen molar-refractivity contribution in [3.63, 3.8) is 0 Å². The number of aromatic nitrogens is 3. The van der Waals surface area contributed by atoms with E-state index in [1.807, 2.05) is 64.5 Å². The first kappa shape index (κ1) is 23.5. The number of halogens is 1. The Labute approximate surface area is 204 Å². The van der Waals surface area contributed by atoms with E-state index in [2.05, 4.69) is 4.98 Å². The van der Waals surface area contributed by atoms with Gasteiger partial charge in [-0.05, 0) is 36.8 Å². The van der Waals surface area contributed by atoms with Gasteiger partial charge in [-0.2, -0.15) is 4.99 Å². The molecule has 8 nitrogen and oxygen atoms in total. The second-order valence-corrected chi connectivity index (χ2v) is 8.31.